The number of para-hydroxylation sites is 1. The summed E-state index contributed by atoms with van der Waals surface area (Å²) in [5, 5.41) is 8.24. The van der Waals surface area contributed by atoms with E-state index < -0.39 is 0 Å². The van der Waals surface area contributed by atoms with Crippen LogP contribution in [0.25, 0.3) is 99.2 Å². The molecule has 0 aliphatic carbocycles. The summed E-state index contributed by atoms with van der Waals surface area (Å²) >= 11 is 0. The first-order valence-corrected chi connectivity index (χ1v) is 16.9. The van der Waals surface area contributed by atoms with E-state index in [2.05, 4.69) is 158 Å². The molecular formula is C47H29N3. The Bertz CT molecular complexity index is 2900. The molecule has 10 aromatic rings. The molecular weight excluding hydrogens is 607 g/mol. The maximum atomic E-state index is 5.22. The fraction of sp³-hybridized carbons (Fsp3) is 0. The Balaban J connectivity index is 1.04. The third kappa shape index (κ3) is 4.71. The second-order valence-electron chi connectivity index (χ2n) is 12.8. The molecule has 0 saturated heterocycles. The smallest absolute Gasteiger partial charge is 0.0972 e. The molecule has 7 aromatic carbocycles. The monoisotopic (exact) mass is 635 g/mol. The highest BCUT2D eigenvalue weighted by Gasteiger charge is 2.14. The van der Waals surface area contributed by atoms with Gasteiger partial charge in [-0.15, -0.1) is 0 Å². The van der Waals surface area contributed by atoms with Crippen LogP contribution >= 0.6 is 0 Å². The largest absolute Gasteiger partial charge is 0.247 e. The molecule has 50 heavy (non-hydrogen) atoms. The molecule has 10 rings (SSSR count). The first kappa shape index (κ1) is 28.3. The van der Waals surface area contributed by atoms with E-state index in [1.165, 1.54) is 21.5 Å². The maximum Gasteiger partial charge on any atom is 0.0972 e. The molecule has 3 heterocycles. The van der Waals surface area contributed by atoms with Crippen LogP contribution in [-0.4, -0.2) is 15.0 Å². The van der Waals surface area contributed by atoms with Gasteiger partial charge in [0.05, 0.1) is 33.6 Å². The SMILES string of the molecule is c1ccc(-c2ccc3ccc4ccc(-c5ccc(-c6cccc(-c7nc8ccccc8c8c7ccc7ccccc78)c6)cc5)nc4c3n2)cc1. The maximum absolute atomic E-state index is 5.22. The molecule has 3 nitrogen and oxygen atoms in total. The van der Waals surface area contributed by atoms with Gasteiger partial charge >= 0.3 is 0 Å². The quantitative estimate of drug-likeness (QED) is 0.181. The molecule has 0 bridgehead atoms. The first-order chi connectivity index (χ1) is 24.8. The van der Waals surface area contributed by atoms with Crippen LogP contribution in [-0.2, 0) is 0 Å². The predicted octanol–water partition coefficient (Wildman–Crippen LogP) is 12.3. The summed E-state index contributed by atoms with van der Waals surface area (Å²) < 4.78 is 0. The molecule has 0 spiro atoms. The summed E-state index contributed by atoms with van der Waals surface area (Å²) in [6.07, 6.45) is 0. The second kappa shape index (κ2) is 11.5. The lowest BCUT2D eigenvalue weighted by molar-refractivity contribution is 1.36. The summed E-state index contributed by atoms with van der Waals surface area (Å²) in [6.45, 7) is 0. The Kier molecular flexibility index (Phi) is 6.49. The Morgan fingerprint density at radius 2 is 0.860 bits per heavy atom. The molecule has 0 aliphatic rings. The van der Waals surface area contributed by atoms with Crippen molar-refractivity contribution in [3.63, 3.8) is 0 Å². The predicted molar refractivity (Wildman–Crippen MR) is 209 cm³/mol. The van der Waals surface area contributed by atoms with Gasteiger partial charge in [-0.2, -0.15) is 0 Å². The van der Waals surface area contributed by atoms with Crippen molar-refractivity contribution in [2.24, 2.45) is 0 Å². The van der Waals surface area contributed by atoms with Crippen LogP contribution in [0.4, 0.5) is 0 Å². The Morgan fingerprint density at radius 1 is 0.300 bits per heavy atom. The van der Waals surface area contributed by atoms with Crippen molar-refractivity contribution in [1.82, 2.24) is 15.0 Å². The van der Waals surface area contributed by atoms with E-state index in [1.807, 2.05) is 18.2 Å². The minimum absolute atomic E-state index is 0.914. The van der Waals surface area contributed by atoms with Crippen molar-refractivity contribution in [1.29, 1.82) is 0 Å². The van der Waals surface area contributed by atoms with Crippen LogP contribution in [0.15, 0.2) is 176 Å². The highest BCUT2D eigenvalue weighted by atomic mass is 14.8. The van der Waals surface area contributed by atoms with E-state index in [9.17, 15) is 0 Å². The Hall–Kier alpha value is -6.71. The Morgan fingerprint density at radius 3 is 1.62 bits per heavy atom. The molecule has 3 aromatic heterocycles. The summed E-state index contributed by atoms with van der Waals surface area (Å²) in [5.74, 6) is 0. The van der Waals surface area contributed by atoms with Gasteiger partial charge in [0.15, 0.2) is 0 Å². The summed E-state index contributed by atoms with van der Waals surface area (Å²) in [4.78, 5) is 15.5. The van der Waals surface area contributed by atoms with Crippen molar-refractivity contribution in [3.05, 3.63) is 176 Å². The lowest BCUT2D eigenvalue weighted by Gasteiger charge is -2.13. The number of rotatable bonds is 4. The van der Waals surface area contributed by atoms with E-state index in [4.69, 9.17) is 15.0 Å². The molecule has 0 radical (unpaired) electrons. The van der Waals surface area contributed by atoms with Crippen molar-refractivity contribution in [2.45, 2.75) is 0 Å². The van der Waals surface area contributed by atoms with Gasteiger partial charge in [-0.3, -0.25) is 0 Å². The van der Waals surface area contributed by atoms with Gasteiger partial charge in [0.25, 0.3) is 0 Å². The summed E-state index contributed by atoms with van der Waals surface area (Å²) in [6, 6.07) is 62.0. The third-order valence-corrected chi connectivity index (χ3v) is 9.83. The second-order valence-corrected chi connectivity index (χ2v) is 12.8. The van der Waals surface area contributed by atoms with E-state index in [-0.39, 0.29) is 0 Å². The average molecular weight is 636 g/mol. The van der Waals surface area contributed by atoms with Crippen LogP contribution in [0.2, 0.25) is 0 Å². The van der Waals surface area contributed by atoms with Crippen molar-refractivity contribution in [3.8, 4) is 44.9 Å². The summed E-state index contributed by atoms with van der Waals surface area (Å²) in [5.41, 5.74) is 11.3. The Labute approximate surface area is 289 Å². The zero-order chi connectivity index (χ0) is 33.0. The fourth-order valence-corrected chi connectivity index (χ4v) is 7.32. The van der Waals surface area contributed by atoms with Crippen LogP contribution in [0.3, 0.4) is 0 Å². The molecule has 0 aliphatic heterocycles. The molecule has 0 saturated carbocycles. The van der Waals surface area contributed by atoms with Crippen LogP contribution < -0.4 is 0 Å². The number of pyridine rings is 3. The lowest BCUT2D eigenvalue weighted by Crippen LogP contribution is -1.92. The lowest BCUT2D eigenvalue weighted by atomic mass is 9.94. The van der Waals surface area contributed by atoms with Crippen LogP contribution in [0.5, 0.6) is 0 Å². The van der Waals surface area contributed by atoms with Crippen molar-refractivity contribution >= 4 is 54.3 Å². The van der Waals surface area contributed by atoms with Crippen molar-refractivity contribution < 1.29 is 0 Å². The first-order valence-electron chi connectivity index (χ1n) is 16.9. The van der Waals surface area contributed by atoms with E-state index in [0.29, 0.717) is 0 Å². The number of hydrogen-bond acceptors (Lipinski definition) is 3. The zero-order valence-corrected chi connectivity index (χ0v) is 27.1. The van der Waals surface area contributed by atoms with E-state index >= 15 is 0 Å². The number of aromatic nitrogens is 3. The molecule has 0 unspecified atom stereocenters. The number of hydrogen-bond donors (Lipinski definition) is 0. The van der Waals surface area contributed by atoms with Crippen LogP contribution in [0, 0.1) is 0 Å². The normalized spacial score (nSPS) is 11.6. The van der Waals surface area contributed by atoms with Crippen LogP contribution in [0.1, 0.15) is 0 Å². The van der Waals surface area contributed by atoms with Gasteiger partial charge in [0.1, 0.15) is 0 Å². The zero-order valence-electron chi connectivity index (χ0n) is 27.1. The third-order valence-electron chi connectivity index (χ3n) is 9.83. The molecule has 0 atom stereocenters. The highest BCUT2D eigenvalue weighted by molar-refractivity contribution is 6.22. The summed E-state index contributed by atoms with van der Waals surface area (Å²) in [7, 11) is 0. The van der Waals surface area contributed by atoms with E-state index in [1.54, 1.807) is 0 Å². The minimum atomic E-state index is 0.914. The molecule has 3 heteroatoms. The molecule has 0 N–H and O–H groups in total. The van der Waals surface area contributed by atoms with Gasteiger partial charge in [-0.05, 0) is 46.2 Å². The fourth-order valence-electron chi connectivity index (χ4n) is 7.32. The molecule has 0 fully saturated rings. The van der Waals surface area contributed by atoms with Gasteiger partial charge in [-0.1, -0.05) is 152 Å². The number of fused-ring (bicyclic) bond motifs is 8. The molecule has 0 amide bonds. The number of nitrogens with zero attached hydrogens (tertiary/aromatic N) is 3. The van der Waals surface area contributed by atoms with E-state index in [0.717, 1.165) is 77.6 Å². The van der Waals surface area contributed by atoms with Gasteiger partial charge < -0.3 is 0 Å². The number of benzene rings is 7. The standard InChI is InChI=1S/C47H29N3/c1-2-10-32(11-3-1)41-27-24-34-21-22-35-25-28-42(49-47(35)46(34)48-41)33-19-17-30(18-20-33)36-12-8-13-37(29-36)45-40-26-23-31-9-4-5-14-38(31)44(40)39-15-6-7-16-43(39)50-45/h1-29H. The van der Waals surface area contributed by atoms with Gasteiger partial charge in [0, 0.05) is 43.6 Å². The highest BCUT2D eigenvalue weighted by Crippen LogP contribution is 2.38. The van der Waals surface area contributed by atoms with Gasteiger partial charge in [-0.25, -0.2) is 15.0 Å². The van der Waals surface area contributed by atoms with Crippen molar-refractivity contribution in [2.75, 3.05) is 0 Å². The van der Waals surface area contributed by atoms with Gasteiger partial charge in [0.2, 0.25) is 0 Å². The average Bonchev–Trinajstić information content (AvgIpc) is 3.20. The topological polar surface area (TPSA) is 38.7 Å². The minimum Gasteiger partial charge on any atom is -0.247 e. The molecule has 232 valence electrons.